The molecule has 0 bridgehead atoms. The molecule has 1 aromatic rings. The van der Waals surface area contributed by atoms with Crippen LogP contribution in [0.3, 0.4) is 0 Å². The lowest BCUT2D eigenvalue weighted by atomic mass is 9.71. The molecule has 25 heavy (non-hydrogen) atoms. The minimum Gasteiger partial charge on any atom is -0.297 e. The van der Waals surface area contributed by atoms with Gasteiger partial charge in [0.2, 0.25) is 0 Å². The first kappa shape index (κ1) is 16.5. The Balaban J connectivity index is 1.46. The van der Waals surface area contributed by atoms with Gasteiger partial charge in [-0.25, -0.2) is 0 Å². The van der Waals surface area contributed by atoms with Gasteiger partial charge in [-0.3, -0.25) is 14.5 Å². The summed E-state index contributed by atoms with van der Waals surface area (Å²) < 4.78 is 0. The topological polar surface area (TPSA) is 37.4 Å². The predicted octanol–water partition coefficient (Wildman–Crippen LogP) is 3.50. The van der Waals surface area contributed by atoms with Crippen LogP contribution in [0, 0.1) is 5.92 Å². The Kier molecular flexibility index (Phi) is 4.43. The number of likely N-dealkylation sites (tertiary alicyclic amines) is 1. The summed E-state index contributed by atoms with van der Waals surface area (Å²) in [5.74, 6) is 0.0228. The summed E-state index contributed by atoms with van der Waals surface area (Å²) in [6, 6.07) is 10.7. The molecule has 4 rings (SSSR count). The maximum absolute atomic E-state index is 12.8. The second-order valence-electron chi connectivity index (χ2n) is 7.67. The van der Waals surface area contributed by atoms with Crippen LogP contribution in [0.15, 0.2) is 54.1 Å². The zero-order valence-electron chi connectivity index (χ0n) is 14.6. The van der Waals surface area contributed by atoms with Crippen LogP contribution >= 0.6 is 0 Å². The fourth-order valence-electron chi connectivity index (χ4n) is 4.55. The smallest absolute Gasteiger partial charge is 0.170 e. The van der Waals surface area contributed by atoms with Crippen molar-refractivity contribution in [3.8, 4) is 0 Å². The molecule has 1 atom stereocenters. The highest BCUT2D eigenvalue weighted by Gasteiger charge is 2.46. The molecular weight excluding hydrogens is 310 g/mol. The Morgan fingerprint density at radius 1 is 1.20 bits per heavy atom. The number of hydrogen-bond donors (Lipinski definition) is 0. The van der Waals surface area contributed by atoms with Gasteiger partial charge in [-0.2, -0.15) is 0 Å². The average molecular weight is 335 g/mol. The molecule has 1 aromatic carbocycles. The van der Waals surface area contributed by atoms with Crippen molar-refractivity contribution in [3.63, 3.8) is 0 Å². The zero-order valence-corrected chi connectivity index (χ0v) is 14.6. The van der Waals surface area contributed by atoms with E-state index in [9.17, 15) is 9.59 Å². The molecule has 1 aliphatic heterocycles. The van der Waals surface area contributed by atoms with E-state index in [0.29, 0.717) is 12.0 Å². The number of hydrogen-bond acceptors (Lipinski definition) is 3. The van der Waals surface area contributed by atoms with E-state index in [1.165, 1.54) is 24.8 Å². The van der Waals surface area contributed by atoms with Crippen molar-refractivity contribution >= 4 is 11.6 Å². The molecule has 2 fully saturated rings. The molecule has 0 spiro atoms. The maximum Gasteiger partial charge on any atom is 0.170 e. The van der Waals surface area contributed by atoms with Crippen LogP contribution in [0.25, 0.3) is 0 Å². The van der Waals surface area contributed by atoms with Crippen molar-refractivity contribution in [2.75, 3.05) is 13.1 Å². The van der Waals surface area contributed by atoms with Crippen molar-refractivity contribution < 1.29 is 9.59 Å². The normalized spacial score (nSPS) is 25.5. The Hall–Kier alpha value is -2.00. The predicted molar refractivity (Wildman–Crippen MR) is 98.3 cm³/mol. The molecule has 0 aromatic heterocycles. The summed E-state index contributed by atoms with van der Waals surface area (Å²) in [5.41, 5.74) is 2.02. The van der Waals surface area contributed by atoms with Crippen LogP contribution in [0.2, 0.25) is 0 Å². The summed E-state index contributed by atoms with van der Waals surface area (Å²) >= 11 is 0. The Bertz CT molecular complexity index is 728. The van der Waals surface area contributed by atoms with Crippen LogP contribution in [0.4, 0.5) is 0 Å². The molecule has 2 aliphatic carbocycles. The van der Waals surface area contributed by atoms with Crippen molar-refractivity contribution in [3.05, 3.63) is 59.7 Å². The summed E-state index contributed by atoms with van der Waals surface area (Å²) in [5, 5.41) is 0. The van der Waals surface area contributed by atoms with Crippen molar-refractivity contribution in [1.82, 2.24) is 4.90 Å². The first-order chi connectivity index (χ1) is 12.2. The summed E-state index contributed by atoms with van der Waals surface area (Å²) in [6.07, 6.45) is 11.4. The summed E-state index contributed by atoms with van der Waals surface area (Å²) in [4.78, 5) is 27.4. The van der Waals surface area contributed by atoms with E-state index >= 15 is 0 Å². The molecule has 1 saturated heterocycles. The van der Waals surface area contributed by atoms with Crippen molar-refractivity contribution in [2.24, 2.45) is 5.92 Å². The average Bonchev–Trinajstić information content (AvgIpc) is 3.09. The number of carbonyl (C=O) groups is 2. The minimum absolute atomic E-state index is 0.0186. The van der Waals surface area contributed by atoms with Crippen LogP contribution < -0.4 is 0 Å². The van der Waals surface area contributed by atoms with Gasteiger partial charge in [-0.05, 0) is 50.3 Å². The van der Waals surface area contributed by atoms with E-state index in [0.717, 1.165) is 25.9 Å². The van der Waals surface area contributed by atoms with E-state index in [1.807, 2.05) is 12.2 Å². The van der Waals surface area contributed by atoms with Crippen molar-refractivity contribution in [2.45, 2.75) is 44.1 Å². The number of Topliss-reactive ketones (excluding diaryl/α,β-unsaturated/α-hetero) is 2. The lowest BCUT2D eigenvalue weighted by Crippen LogP contribution is -2.54. The van der Waals surface area contributed by atoms with E-state index in [4.69, 9.17) is 0 Å². The second-order valence-corrected chi connectivity index (χ2v) is 7.67. The third kappa shape index (κ3) is 3.13. The van der Waals surface area contributed by atoms with Gasteiger partial charge < -0.3 is 0 Å². The molecule has 0 amide bonds. The summed E-state index contributed by atoms with van der Waals surface area (Å²) in [6.45, 7) is 1.78. The molecule has 3 heteroatoms. The quantitative estimate of drug-likeness (QED) is 0.773. The molecule has 3 aliphatic rings. The molecule has 1 unspecified atom stereocenters. The monoisotopic (exact) mass is 335 g/mol. The first-order valence-electron chi connectivity index (χ1n) is 9.41. The third-order valence-electron chi connectivity index (χ3n) is 6.16. The van der Waals surface area contributed by atoms with E-state index in [2.05, 4.69) is 35.2 Å². The van der Waals surface area contributed by atoms with E-state index in [-0.39, 0.29) is 23.0 Å². The lowest BCUT2D eigenvalue weighted by molar-refractivity contribution is -0.123. The Morgan fingerprint density at radius 3 is 2.68 bits per heavy atom. The third-order valence-corrected chi connectivity index (χ3v) is 6.16. The van der Waals surface area contributed by atoms with Gasteiger partial charge in [0, 0.05) is 24.4 Å². The zero-order chi connectivity index (χ0) is 17.3. The van der Waals surface area contributed by atoms with Crippen LogP contribution in [-0.4, -0.2) is 35.1 Å². The number of benzene rings is 1. The van der Waals surface area contributed by atoms with E-state index in [1.54, 1.807) is 6.08 Å². The van der Waals surface area contributed by atoms with Crippen LogP contribution in [0.5, 0.6) is 0 Å². The fraction of sp³-hybridized carbons (Fsp3) is 0.455. The van der Waals surface area contributed by atoms with Gasteiger partial charge in [0.25, 0.3) is 0 Å². The highest BCUT2D eigenvalue weighted by Crippen LogP contribution is 2.43. The molecular formula is C22H25NO2. The molecule has 0 radical (unpaired) electrons. The van der Waals surface area contributed by atoms with Gasteiger partial charge in [-0.15, -0.1) is 0 Å². The molecule has 1 heterocycles. The molecule has 130 valence electrons. The molecule has 1 saturated carbocycles. The van der Waals surface area contributed by atoms with Gasteiger partial charge >= 0.3 is 0 Å². The van der Waals surface area contributed by atoms with Gasteiger partial charge in [0.1, 0.15) is 0 Å². The first-order valence-corrected chi connectivity index (χ1v) is 9.41. The highest BCUT2D eigenvalue weighted by atomic mass is 16.1. The SMILES string of the molecule is O=C1CC=CC=C1C(=O)C1CCN(C2(Cc3ccccc3)CCC2)C1. The molecule has 3 nitrogen and oxygen atoms in total. The van der Waals surface area contributed by atoms with Crippen LogP contribution in [-0.2, 0) is 16.0 Å². The maximum atomic E-state index is 12.8. The van der Waals surface area contributed by atoms with Gasteiger partial charge in [0.15, 0.2) is 11.6 Å². The largest absolute Gasteiger partial charge is 0.297 e. The Labute approximate surface area is 149 Å². The number of rotatable bonds is 5. The van der Waals surface area contributed by atoms with Gasteiger partial charge in [-0.1, -0.05) is 42.5 Å². The van der Waals surface area contributed by atoms with Gasteiger partial charge in [0.05, 0.1) is 5.57 Å². The summed E-state index contributed by atoms with van der Waals surface area (Å²) in [7, 11) is 0. The second kappa shape index (κ2) is 6.72. The number of carbonyl (C=O) groups excluding carboxylic acids is 2. The highest BCUT2D eigenvalue weighted by molar-refractivity contribution is 6.22. The molecule has 0 N–H and O–H groups in total. The van der Waals surface area contributed by atoms with E-state index < -0.39 is 0 Å². The number of allylic oxidation sites excluding steroid dienone is 4. The standard InChI is InChI=1S/C22H25NO2/c24-20-10-5-4-9-19(20)21(25)18-11-14-23(16-18)22(12-6-13-22)15-17-7-2-1-3-8-17/h1-5,7-9,18H,6,10-16H2. The number of ketones is 2. The fourth-order valence-corrected chi connectivity index (χ4v) is 4.55. The van der Waals surface area contributed by atoms with Crippen LogP contribution in [0.1, 0.15) is 37.7 Å². The minimum atomic E-state index is -0.0198. The Morgan fingerprint density at radius 2 is 2.00 bits per heavy atom. The lowest BCUT2D eigenvalue weighted by Gasteiger charge is -2.49. The number of nitrogens with zero attached hydrogens (tertiary/aromatic N) is 1. The van der Waals surface area contributed by atoms with Crippen molar-refractivity contribution in [1.29, 1.82) is 0 Å².